The van der Waals surface area contributed by atoms with Gasteiger partial charge < -0.3 is 11.1 Å². The van der Waals surface area contributed by atoms with Gasteiger partial charge in [-0.3, -0.25) is 0 Å². The molecule has 2 aromatic rings. The van der Waals surface area contributed by atoms with Crippen LogP contribution < -0.4 is 11.1 Å². The van der Waals surface area contributed by atoms with Crippen LogP contribution in [0.5, 0.6) is 0 Å². The van der Waals surface area contributed by atoms with Gasteiger partial charge in [-0.15, -0.1) is 11.8 Å². The molecule has 0 spiro atoms. The van der Waals surface area contributed by atoms with Crippen molar-refractivity contribution in [2.45, 2.75) is 24.8 Å². The molecule has 0 aliphatic rings. The number of aryl methyl sites for hydroxylation is 1. The van der Waals surface area contributed by atoms with Crippen molar-refractivity contribution in [1.29, 1.82) is 0 Å². The third-order valence-corrected chi connectivity index (χ3v) is 4.44. The average molecular weight is 322 g/mol. The van der Waals surface area contributed by atoms with Crippen molar-refractivity contribution >= 4 is 29.2 Å². The third-order valence-electron chi connectivity index (χ3n) is 3.15. The molecule has 1 heterocycles. The molecule has 1 atom stereocenters. The van der Waals surface area contributed by atoms with Crippen molar-refractivity contribution < 1.29 is 0 Å². The Hall–Kier alpha value is -1.23. The van der Waals surface area contributed by atoms with Gasteiger partial charge in [0.2, 0.25) is 0 Å². The number of halogens is 1. The van der Waals surface area contributed by atoms with Crippen molar-refractivity contribution in [3.05, 3.63) is 52.7 Å². The van der Waals surface area contributed by atoms with E-state index in [2.05, 4.69) is 48.4 Å². The number of hydrogen-bond acceptors (Lipinski definition) is 4. The van der Waals surface area contributed by atoms with E-state index in [0.29, 0.717) is 10.8 Å². The maximum Gasteiger partial charge on any atom is 0.128 e. The van der Waals surface area contributed by atoms with E-state index < -0.39 is 0 Å². The summed E-state index contributed by atoms with van der Waals surface area (Å²) in [7, 11) is 0. The molecule has 21 heavy (non-hydrogen) atoms. The molecule has 1 aromatic carbocycles. The van der Waals surface area contributed by atoms with Gasteiger partial charge in [-0.05, 0) is 31.7 Å². The predicted molar refractivity (Wildman–Crippen MR) is 92.0 cm³/mol. The van der Waals surface area contributed by atoms with Crippen LogP contribution in [0.25, 0.3) is 0 Å². The second-order valence-corrected chi connectivity index (χ2v) is 6.40. The minimum absolute atomic E-state index is 0.131. The summed E-state index contributed by atoms with van der Waals surface area (Å²) in [5, 5.41) is 4.07. The highest BCUT2D eigenvalue weighted by atomic mass is 35.5. The smallest absolute Gasteiger partial charge is 0.128 e. The van der Waals surface area contributed by atoms with Crippen LogP contribution in [0.4, 0.5) is 5.82 Å². The first-order chi connectivity index (χ1) is 10.1. The number of pyridine rings is 1. The standard InChI is InChI=1S/C16H20ClN3S/c1-3-19-15(14-8-12(17)9-20-16(14)18)10-21-13-6-4-5-11(2)7-13/h4-9,15,19H,3,10H2,1-2H3,(H2,18,20). The summed E-state index contributed by atoms with van der Waals surface area (Å²) in [5.41, 5.74) is 8.22. The molecule has 1 aromatic heterocycles. The molecule has 0 amide bonds. The molecular weight excluding hydrogens is 302 g/mol. The number of nitrogens with one attached hydrogen (secondary N) is 1. The largest absolute Gasteiger partial charge is 0.383 e. The fourth-order valence-corrected chi connectivity index (χ4v) is 3.40. The highest BCUT2D eigenvalue weighted by molar-refractivity contribution is 7.99. The first-order valence-electron chi connectivity index (χ1n) is 6.94. The van der Waals surface area contributed by atoms with E-state index in [9.17, 15) is 0 Å². The fourth-order valence-electron chi connectivity index (χ4n) is 2.13. The van der Waals surface area contributed by atoms with Crippen LogP contribution in [-0.2, 0) is 0 Å². The Balaban J connectivity index is 2.13. The number of thioether (sulfide) groups is 1. The second-order valence-electron chi connectivity index (χ2n) is 4.87. The summed E-state index contributed by atoms with van der Waals surface area (Å²) in [6, 6.07) is 10.5. The van der Waals surface area contributed by atoms with Gasteiger partial charge in [-0.25, -0.2) is 4.98 Å². The van der Waals surface area contributed by atoms with E-state index in [1.807, 2.05) is 6.07 Å². The molecule has 2 rings (SSSR count). The number of rotatable bonds is 6. The lowest BCUT2D eigenvalue weighted by Crippen LogP contribution is -2.24. The van der Waals surface area contributed by atoms with Gasteiger partial charge in [0.15, 0.2) is 0 Å². The molecule has 0 aliphatic heterocycles. The van der Waals surface area contributed by atoms with Crippen LogP contribution in [0.15, 0.2) is 41.4 Å². The molecule has 112 valence electrons. The Labute approximate surface area is 135 Å². The summed E-state index contributed by atoms with van der Waals surface area (Å²) in [4.78, 5) is 5.40. The number of nitrogens with zero attached hydrogens (tertiary/aromatic N) is 1. The SMILES string of the molecule is CCNC(CSc1cccc(C)c1)c1cc(Cl)cnc1N. The van der Waals surface area contributed by atoms with Crippen LogP contribution in [0.1, 0.15) is 24.1 Å². The van der Waals surface area contributed by atoms with E-state index >= 15 is 0 Å². The van der Waals surface area contributed by atoms with Crippen molar-refractivity contribution in [1.82, 2.24) is 10.3 Å². The molecule has 0 aliphatic carbocycles. The lowest BCUT2D eigenvalue weighted by atomic mass is 10.1. The van der Waals surface area contributed by atoms with Gasteiger partial charge >= 0.3 is 0 Å². The zero-order valence-electron chi connectivity index (χ0n) is 12.3. The number of aromatic nitrogens is 1. The topological polar surface area (TPSA) is 50.9 Å². The van der Waals surface area contributed by atoms with Crippen LogP contribution in [0.2, 0.25) is 5.02 Å². The van der Waals surface area contributed by atoms with E-state index in [0.717, 1.165) is 17.9 Å². The molecule has 0 radical (unpaired) electrons. The minimum atomic E-state index is 0.131. The molecule has 0 bridgehead atoms. The summed E-state index contributed by atoms with van der Waals surface area (Å²) >= 11 is 7.85. The predicted octanol–water partition coefficient (Wildman–Crippen LogP) is 4.07. The van der Waals surface area contributed by atoms with Crippen molar-refractivity contribution in [3.63, 3.8) is 0 Å². The first kappa shape index (κ1) is 16.1. The minimum Gasteiger partial charge on any atom is -0.383 e. The summed E-state index contributed by atoms with van der Waals surface area (Å²) in [6.45, 7) is 5.05. The van der Waals surface area contributed by atoms with Crippen LogP contribution >= 0.6 is 23.4 Å². The van der Waals surface area contributed by atoms with Crippen molar-refractivity contribution in [2.24, 2.45) is 0 Å². The van der Waals surface area contributed by atoms with Gasteiger partial charge in [0.05, 0.1) is 5.02 Å². The quantitative estimate of drug-likeness (QED) is 0.787. The number of benzene rings is 1. The van der Waals surface area contributed by atoms with Crippen LogP contribution in [-0.4, -0.2) is 17.3 Å². The second kappa shape index (κ2) is 7.69. The molecule has 1 unspecified atom stereocenters. The molecular formula is C16H20ClN3S. The number of anilines is 1. The van der Waals surface area contributed by atoms with Crippen molar-refractivity contribution in [2.75, 3.05) is 18.0 Å². The Morgan fingerprint density at radius 3 is 2.90 bits per heavy atom. The van der Waals surface area contributed by atoms with Crippen LogP contribution in [0.3, 0.4) is 0 Å². The zero-order valence-corrected chi connectivity index (χ0v) is 13.8. The normalized spacial score (nSPS) is 12.3. The van der Waals surface area contributed by atoms with E-state index in [-0.39, 0.29) is 6.04 Å². The Morgan fingerprint density at radius 2 is 2.19 bits per heavy atom. The first-order valence-corrected chi connectivity index (χ1v) is 8.30. The molecule has 5 heteroatoms. The molecule has 0 saturated carbocycles. The maximum absolute atomic E-state index is 6.05. The van der Waals surface area contributed by atoms with Gasteiger partial charge in [-0.1, -0.05) is 36.2 Å². The molecule has 3 nitrogen and oxygen atoms in total. The molecule has 3 N–H and O–H groups in total. The summed E-state index contributed by atoms with van der Waals surface area (Å²) < 4.78 is 0. The summed E-state index contributed by atoms with van der Waals surface area (Å²) in [5.74, 6) is 1.42. The lowest BCUT2D eigenvalue weighted by molar-refractivity contribution is 0.606. The number of nitrogens with two attached hydrogens (primary N) is 1. The monoisotopic (exact) mass is 321 g/mol. The zero-order chi connectivity index (χ0) is 15.2. The van der Waals surface area contributed by atoms with Crippen molar-refractivity contribution in [3.8, 4) is 0 Å². The van der Waals surface area contributed by atoms with Gasteiger partial charge in [0, 0.05) is 28.5 Å². The number of hydrogen-bond donors (Lipinski definition) is 2. The fraction of sp³-hybridized carbons (Fsp3) is 0.312. The number of nitrogen functional groups attached to an aromatic ring is 1. The highest BCUT2D eigenvalue weighted by Crippen LogP contribution is 2.28. The van der Waals surface area contributed by atoms with Gasteiger partial charge in [0.1, 0.15) is 5.82 Å². The average Bonchev–Trinajstić information content (AvgIpc) is 2.46. The van der Waals surface area contributed by atoms with E-state index in [4.69, 9.17) is 17.3 Å². The molecule has 0 saturated heterocycles. The summed E-state index contributed by atoms with van der Waals surface area (Å²) in [6.07, 6.45) is 1.58. The van der Waals surface area contributed by atoms with E-state index in [1.54, 1.807) is 18.0 Å². The third kappa shape index (κ3) is 4.63. The Bertz CT molecular complexity index is 604. The van der Waals surface area contributed by atoms with Crippen LogP contribution in [0, 0.1) is 6.92 Å². The highest BCUT2D eigenvalue weighted by Gasteiger charge is 2.15. The molecule has 0 fully saturated rings. The van der Waals surface area contributed by atoms with Gasteiger partial charge in [-0.2, -0.15) is 0 Å². The Morgan fingerprint density at radius 1 is 1.38 bits per heavy atom. The Kier molecular flexibility index (Phi) is 5.91. The maximum atomic E-state index is 6.05. The lowest BCUT2D eigenvalue weighted by Gasteiger charge is -2.19. The van der Waals surface area contributed by atoms with E-state index in [1.165, 1.54) is 10.5 Å². The van der Waals surface area contributed by atoms with Gasteiger partial charge in [0.25, 0.3) is 0 Å².